The van der Waals surface area contributed by atoms with Crippen LogP contribution >= 0.6 is 0 Å². The molecule has 162 valence electrons. The van der Waals surface area contributed by atoms with Crippen molar-refractivity contribution in [3.63, 3.8) is 0 Å². The summed E-state index contributed by atoms with van der Waals surface area (Å²) in [5.41, 5.74) is 21.2. The number of pyridine rings is 1. The monoisotopic (exact) mass is 421 g/mol. The molecule has 8 nitrogen and oxygen atoms in total. The van der Waals surface area contributed by atoms with E-state index in [1.807, 2.05) is 25.1 Å². The minimum absolute atomic E-state index is 0.168. The van der Waals surface area contributed by atoms with Crippen LogP contribution in [-0.2, 0) is 22.6 Å². The van der Waals surface area contributed by atoms with Crippen molar-refractivity contribution in [3.8, 4) is 0 Å². The van der Waals surface area contributed by atoms with Crippen LogP contribution in [0.5, 0.6) is 0 Å². The number of carbonyl (C=O) groups excluding carboxylic acids is 2. The van der Waals surface area contributed by atoms with Gasteiger partial charge in [-0.05, 0) is 49.1 Å². The van der Waals surface area contributed by atoms with Crippen molar-refractivity contribution >= 4 is 40.7 Å². The van der Waals surface area contributed by atoms with E-state index in [1.165, 1.54) is 6.08 Å². The molecule has 0 aliphatic heterocycles. The highest BCUT2D eigenvalue weighted by atomic mass is 16.3. The minimum atomic E-state index is -0.536. The maximum Gasteiger partial charge on any atom is 0.246 e. The number of aryl methyl sites for hydroxylation is 2. The Morgan fingerprint density at radius 3 is 2.84 bits per heavy atom. The van der Waals surface area contributed by atoms with Gasteiger partial charge < -0.3 is 31.3 Å². The fourth-order valence-electron chi connectivity index (χ4n) is 3.34. The van der Waals surface area contributed by atoms with Gasteiger partial charge in [-0.1, -0.05) is 12.1 Å². The number of anilines is 2. The molecular formula is C23H27N5O3. The number of para-hydroxylation sites is 1. The van der Waals surface area contributed by atoms with E-state index >= 15 is 0 Å². The molecule has 0 saturated carbocycles. The Bertz CT molecular complexity index is 1140. The first kappa shape index (κ1) is 22.0. The maximum atomic E-state index is 12.6. The lowest BCUT2D eigenvalue weighted by molar-refractivity contribution is -0.125. The van der Waals surface area contributed by atoms with Crippen molar-refractivity contribution in [1.29, 1.82) is 0 Å². The van der Waals surface area contributed by atoms with E-state index in [2.05, 4.69) is 4.98 Å². The highest BCUT2D eigenvalue weighted by Gasteiger charge is 2.16. The van der Waals surface area contributed by atoms with Crippen molar-refractivity contribution in [1.82, 2.24) is 9.88 Å². The first-order chi connectivity index (χ1) is 14.8. The number of carbonyl (C=O) groups is 2. The van der Waals surface area contributed by atoms with E-state index in [0.717, 1.165) is 27.8 Å². The molecule has 2 heterocycles. The van der Waals surface area contributed by atoms with Gasteiger partial charge >= 0.3 is 0 Å². The molecule has 0 bridgehead atoms. The number of fused-ring (bicyclic) bond motifs is 1. The lowest BCUT2D eigenvalue weighted by atomic mass is 10.1. The standard InChI is InChI=1S/C23H27N5O3/c1-14-19(18-4-3-5-20(25)22(18)31-14)12-28(2)21(30)9-6-15-10-16(23(26)27-11-15)7-8-17(24)13-29/h3-6,9-11,13,17H,7-8,12,24-25H2,1-2H3,(H2,26,27)/b9-6+. The van der Waals surface area contributed by atoms with Gasteiger partial charge in [0.05, 0.1) is 11.7 Å². The number of nitrogens with zero attached hydrogens (tertiary/aromatic N) is 2. The maximum absolute atomic E-state index is 12.6. The minimum Gasteiger partial charge on any atom is -0.459 e. The second-order valence-corrected chi connectivity index (χ2v) is 7.54. The molecule has 6 N–H and O–H groups in total. The van der Waals surface area contributed by atoms with Crippen LogP contribution < -0.4 is 17.2 Å². The molecule has 0 aliphatic rings. The smallest absolute Gasteiger partial charge is 0.246 e. The SMILES string of the molecule is Cc1oc2c(N)cccc2c1CN(C)C(=O)/C=C/c1cnc(N)c(CCC(N)C=O)c1. The Morgan fingerprint density at radius 2 is 2.10 bits per heavy atom. The zero-order chi connectivity index (χ0) is 22.5. The summed E-state index contributed by atoms with van der Waals surface area (Å²) in [6, 6.07) is 6.90. The summed E-state index contributed by atoms with van der Waals surface area (Å²) in [5.74, 6) is 0.955. The molecule has 1 aromatic carbocycles. The lowest BCUT2D eigenvalue weighted by Crippen LogP contribution is -2.24. The fourth-order valence-corrected chi connectivity index (χ4v) is 3.34. The van der Waals surface area contributed by atoms with Gasteiger partial charge in [-0.3, -0.25) is 4.79 Å². The topological polar surface area (TPSA) is 141 Å². The van der Waals surface area contributed by atoms with Crippen LogP contribution in [-0.4, -0.2) is 35.2 Å². The highest BCUT2D eigenvalue weighted by Crippen LogP contribution is 2.30. The number of aldehydes is 1. The van der Waals surface area contributed by atoms with Crippen LogP contribution in [0.25, 0.3) is 17.0 Å². The number of likely N-dealkylation sites (N-methyl/N-ethyl adjacent to an activating group) is 1. The predicted molar refractivity (Wildman–Crippen MR) is 122 cm³/mol. The van der Waals surface area contributed by atoms with E-state index in [4.69, 9.17) is 21.6 Å². The number of aromatic nitrogens is 1. The number of nitrogens with two attached hydrogens (primary N) is 3. The molecule has 3 aromatic rings. The highest BCUT2D eigenvalue weighted by molar-refractivity contribution is 5.93. The number of amides is 1. The molecule has 1 unspecified atom stereocenters. The van der Waals surface area contributed by atoms with Crippen LogP contribution in [0.3, 0.4) is 0 Å². The quantitative estimate of drug-likeness (QED) is 0.288. The summed E-state index contributed by atoms with van der Waals surface area (Å²) >= 11 is 0. The molecule has 0 fully saturated rings. The van der Waals surface area contributed by atoms with Crippen molar-refractivity contribution in [2.45, 2.75) is 32.4 Å². The number of hydrogen-bond donors (Lipinski definition) is 3. The van der Waals surface area contributed by atoms with Crippen LogP contribution in [0.4, 0.5) is 11.5 Å². The van der Waals surface area contributed by atoms with E-state index in [1.54, 1.807) is 30.3 Å². The normalized spacial score (nSPS) is 12.4. The molecule has 1 amide bonds. The van der Waals surface area contributed by atoms with Crippen LogP contribution in [0.2, 0.25) is 0 Å². The average molecular weight is 422 g/mol. The molecule has 0 aliphatic carbocycles. The summed E-state index contributed by atoms with van der Waals surface area (Å²) in [6.07, 6.45) is 6.49. The Labute approximate surface area is 180 Å². The van der Waals surface area contributed by atoms with E-state index in [-0.39, 0.29) is 5.91 Å². The van der Waals surface area contributed by atoms with Gasteiger partial charge in [0.25, 0.3) is 0 Å². The average Bonchev–Trinajstić information content (AvgIpc) is 3.08. The number of rotatable bonds is 8. The Hall–Kier alpha value is -3.65. The largest absolute Gasteiger partial charge is 0.459 e. The zero-order valence-electron chi connectivity index (χ0n) is 17.7. The summed E-state index contributed by atoms with van der Waals surface area (Å²) in [6.45, 7) is 2.25. The van der Waals surface area contributed by atoms with Crippen molar-refractivity contribution in [2.24, 2.45) is 5.73 Å². The third kappa shape index (κ3) is 5.10. The Morgan fingerprint density at radius 1 is 1.32 bits per heavy atom. The van der Waals surface area contributed by atoms with Crippen LogP contribution in [0.1, 0.15) is 28.9 Å². The van der Waals surface area contributed by atoms with E-state index in [0.29, 0.717) is 42.8 Å². The Kier molecular flexibility index (Phi) is 6.71. The first-order valence-corrected chi connectivity index (χ1v) is 9.95. The van der Waals surface area contributed by atoms with Crippen molar-refractivity contribution < 1.29 is 14.0 Å². The number of nitrogen functional groups attached to an aromatic ring is 2. The molecule has 8 heteroatoms. The fraction of sp³-hybridized carbons (Fsp3) is 0.261. The molecule has 0 saturated heterocycles. The van der Waals surface area contributed by atoms with Gasteiger partial charge in [-0.15, -0.1) is 0 Å². The van der Waals surface area contributed by atoms with Gasteiger partial charge in [-0.2, -0.15) is 0 Å². The van der Waals surface area contributed by atoms with Gasteiger partial charge in [0.15, 0.2) is 5.58 Å². The van der Waals surface area contributed by atoms with E-state index < -0.39 is 6.04 Å². The lowest BCUT2D eigenvalue weighted by Gasteiger charge is -2.15. The second kappa shape index (κ2) is 9.44. The third-order valence-electron chi connectivity index (χ3n) is 5.19. The third-order valence-corrected chi connectivity index (χ3v) is 5.19. The summed E-state index contributed by atoms with van der Waals surface area (Å²) in [7, 11) is 1.73. The van der Waals surface area contributed by atoms with Gasteiger partial charge in [-0.25, -0.2) is 4.98 Å². The molecule has 3 rings (SSSR count). The second-order valence-electron chi connectivity index (χ2n) is 7.54. The van der Waals surface area contributed by atoms with Gasteiger partial charge in [0, 0.05) is 36.8 Å². The number of furan rings is 1. The van der Waals surface area contributed by atoms with E-state index in [9.17, 15) is 9.59 Å². The summed E-state index contributed by atoms with van der Waals surface area (Å²) in [4.78, 5) is 29.1. The molecular weight excluding hydrogens is 394 g/mol. The molecule has 1 atom stereocenters. The first-order valence-electron chi connectivity index (χ1n) is 9.95. The van der Waals surface area contributed by atoms with Crippen molar-refractivity contribution in [3.05, 3.63) is 59.0 Å². The summed E-state index contributed by atoms with van der Waals surface area (Å²) in [5, 5.41) is 0.905. The molecule has 2 aromatic heterocycles. The Balaban J connectivity index is 1.71. The molecule has 0 spiro atoms. The van der Waals surface area contributed by atoms with Gasteiger partial charge in [0.1, 0.15) is 17.9 Å². The molecule has 0 radical (unpaired) electrons. The van der Waals surface area contributed by atoms with Crippen LogP contribution in [0, 0.1) is 6.92 Å². The zero-order valence-corrected chi connectivity index (χ0v) is 17.7. The van der Waals surface area contributed by atoms with Crippen molar-refractivity contribution in [2.75, 3.05) is 18.5 Å². The van der Waals surface area contributed by atoms with Gasteiger partial charge in [0.2, 0.25) is 5.91 Å². The number of hydrogen-bond acceptors (Lipinski definition) is 7. The summed E-state index contributed by atoms with van der Waals surface area (Å²) < 4.78 is 5.78. The molecule has 31 heavy (non-hydrogen) atoms. The number of benzene rings is 1. The van der Waals surface area contributed by atoms with Crippen LogP contribution in [0.15, 0.2) is 41.0 Å². The predicted octanol–water partition coefficient (Wildman–Crippen LogP) is 2.43.